The van der Waals surface area contributed by atoms with Crippen LogP contribution in [-0.2, 0) is 6.42 Å². The van der Waals surface area contributed by atoms with E-state index in [4.69, 9.17) is 14.2 Å². The molecule has 0 aliphatic carbocycles. The standard InChI is InChI=1S/C45H38O16/c46-20-4-6-22-32(14-20)59-43(18-2-9-26(49)29(52)12-18)40(57)34(22)36-38(55)24-16-31(54)42(17-1-8-25(48)28(51)11-17)61-45(24)37(39(36)56)35-23-7-5-21(47)15-33(23)60-44(41(35)58)19-3-10-27(50)30(53)13-19/h1-15,31,34-35,40-44,46-58H,16H2/t31-,34+,35+,40+,41+,42+,43+,44-/m0/s1. The van der Waals surface area contributed by atoms with Crippen molar-refractivity contribution >= 4 is 0 Å². The fourth-order valence-corrected chi connectivity index (χ4v) is 8.75. The molecule has 6 aromatic carbocycles. The van der Waals surface area contributed by atoms with Crippen LogP contribution in [0.4, 0.5) is 0 Å². The highest BCUT2D eigenvalue weighted by molar-refractivity contribution is 5.70. The summed E-state index contributed by atoms with van der Waals surface area (Å²) in [6, 6.07) is 19.2. The Kier molecular flexibility index (Phi) is 9.23. The second kappa shape index (κ2) is 14.4. The van der Waals surface area contributed by atoms with Crippen LogP contribution in [0.15, 0.2) is 91.0 Å². The lowest BCUT2D eigenvalue weighted by molar-refractivity contribution is 0.000360. The molecule has 0 aromatic heterocycles. The molecule has 3 aliphatic heterocycles. The molecule has 314 valence electrons. The SMILES string of the molecule is Oc1ccc2c(c1)O[C@H](c1ccc(O)c(O)c1)[C@H](O)[C@H]2c1c(O)c2c(c([C@H]3c4ccc(O)cc4O[C@@H](c4ccc(O)c(O)c4)[C@@H]3O)c1O)O[C@H](c1ccc(O)c(O)c1)[C@@H](O)C2. The molecule has 0 unspecified atom stereocenters. The minimum Gasteiger partial charge on any atom is -0.508 e. The van der Waals surface area contributed by atoms with Gasteiger partial charge in [-0.05, 0) is 65.2 Å². The lowest BCUT2D eigenvalue weighted by atomic mass is 9.73. The average Bonchev–Trinajstić information content (AvgIpc) is 3.22. The highest BCUT2D eigenvalue weighted by Crippen LogP contribution is 2.60. The highest BCUT2D eigenvalue weighted by Gasteiger charge is 2.49. The Labute approximate surface area is 345 Å². The third-order valence-corrected chi connectivity index (χ3v) is 11.7. The first-order valence-electron chi connectivity index (χ1n) is 19.0. The molecule has 0 bridgehead atoms. The van der Waals surface area contributed by atoms with Crippen LogP contribution in [0.2, 0.25) is 0 Å². The van der Waals surface area contributed by atoms with Gasteiger partial charge in [-0.25, -0.2) is 0 Å². The largest absolute Gasteiger partial charge is 0.508 e. The molecule has 0 fully saturated rings. The molecule has 0 spiro atoms. The van der Waals surface area contributed by atoms with Gasteiger partial charge in [0.05, 0.1) is 6.10 Å². The van der Waals surface area contributed by atoms with E-state index in [1.165, 1.54) is 78.9 Å². The van der Waals surface area contributed by atoms with E-state index >= 15 is 0 Å². The van der Waals surface area contributed by atoms with Crippen molar-refractivity contribution in [2.75, 3.05) is 0 Å². The zero-order valence-electron chi connectivity index (χ0n) is 31.5. The Morgan fingerprint density at radius 1 is 0.410 bits per heavy atom. The summed E-state index contributed by atoms with van der Waals surface area (Å²) < 4.78 is 18.9. The fourth-order valence-electron chi connectivity index (χ4n) is 8.75. The smallest absolute Gasteiger partial charge is 0.157 e. The second-order valence-corrected chi connectivity index (χ2v) is 15.3. The summed E-state index contributed by atoms with van der Waals surface area (Å²) in [7, 11) is 0. The quantitative estimate of drug-likeness (QED) is 0.101. The molecule has 6 aromatic rings. The van der Waals surface area contributed by atoms with E-state index in [9.17, 15) is 66.4 Å². The van der Waals surface area contributed by atoms with Gasteiger partial charge in [-0.3, -0.25) is 0 Å². The van der Waals surface area contributed by atoms with Crippen LogP contribution in [-0.4, -0.2) is 84.7 Å². The van der Waals surface area contributed by atoms with E-state index in [1.807, 2.05) is 0 Å². The second-order valence-electron chi connectivity index (χ2n) is 15.3. The number of phenols is 10. The van der Waals surface area contributed by atoms with Crippen molar-refractivity contribution in [3.05, 3.63) is 136 Å². The van der Waals surface area contributed by atoms with Gasteiger partial charge in [0.25, 0.3) is 0 Å². The number of aromatic hydroxyl groups is 10. The first-order chi connectivity index (χ1) is 29.1. The monoisotopic (exact) mass is 834 g/mol. The highest BCUT2D eigenvalue weighted by atomic mass is 16.5. The van der Waals surface area contributed by atoms with Gasteiger partial charge in [-0.2, -0.15) is 0 Å². The van der Waals surface area contributed by atoms with Crippen molar-refractivity contribution in [1.29, 1.82) is 0 Å². The number of aliphatic hydroxyl groups excluding tert-OH is 3. The maximum absolute atomic E-state index is 12.9. The summed E-state index contributed by atoms with van der Waals surface area (Å²) in [6.07, 6.45) is -9.21. The number of hydrogen-bond donors (Lipinski definition) is 13. The Balaban J connectivity index is 1.31. The van der Waals surface area contributed by atoms with E-state index < -0.39 is 94.5 Å². The molecule has 61 heavy (non-hydrogen) atoms. The molecule has 0 saturated carbocycles. The van der Waals surface area contributed by atoms with Crippen molar-refractivity contribution < 1.29 is 80.6 Å². The van der Waals surface area contributed by atoms with E-state index in [0.717, 1.165) is 12.1 Å². The maximum atomic E-state index is 12.9. The number of fused-ring (bicyclic) bond motifs is 3. The fraction of sp³-hybridized carbons (Fsp3) is 0.200. The predicted octanol–water partition coefficient (Wildman–Crippen LogP) is 5.03. The van der Waals surface area contributed by atoms with Gasteiger partial charge in [0.2, 0.25) is 0 Å². The van der Waals surface area contributed by atoms with Crippen LogP contribution in [0.3, 0.4) is 0 Å². The summed E-state index contributed by atoms with van der Waals surface area (Å²) in [5.41, 5.74) is 0.295. The molecule has 13 N–H and O–H groups in total. The number of phenolic OH excluding ortho intramolecular Hbond substituents is 10. The lowest BCUT2D eigenvalue weighted by Gasteiger charge is -2.42. The summed E-state index contributed by atoms with van der Waals surface area (Å²) in [5, 5.41) is 144. The van der Waals surface area contributed by atoms with Gasteiger partial charge >= 0.3 is 0 Å². The zero-order chi connectivity index (χ0) is 43.2. The van der Waals surface area contributed by atoms with Crippen molar-refractivity contribution in [3.8, 4) is 74.7 Å². The van der Waals surface area contributed by atoms with Crippen LogP contribution in [0.1, 0.15) is 74.7 Å². The van der Waals surface area contributed by atoms with Crippen LogP contribution >= 0.6 is 0 Å². The molecular formula is C45H38O16. The molecule has 0 saturated heterocycles. The van der Waals surface area contributed by atoms with Crippen molar-refractivity contribution in [2.24, 2.45) is 0 Å². The topological polar surface area (TPSA) is 291 Å². The Morgan fingerprint density at radius 2 is 0.836 bits per heavy atom. The van der Waals surface area contributed by atoms with Crippen molar-refractivity contribution in [3.63, 3.8) is 0 Å². The molecule has 16 heteroatoms. The van der Waals surface area contributed by atoms with Crippen molar-refractivity contribution in [2.45, 2.75) is 54.9 Å². The predicted molar refractivity (Wildman–Crippen MR) is 211 cm³/mol. The van der Waals surface area contributed by atoms with E-state index in [2.05, 4.69) is 0 Å². The van der Waals surface area contributed by atoms with Crippen LogP contribution in [0.5, 0.6) is 74.7 Å². The van der Waals surface area contributed by atoms with Crippen LogP contribution < -0.4 is 14.2 Å². The lowest BCUT2D eigenvalue weighted by Crippen LogP contribution is -2.38. The molecule has 3 aliphatic rings. The molecule has 8 atom stereocenters. The van der Waals surface area contributed by atoms with Crippen LogP contribution in [0, 0.1) is 0 Å². The Hall–Kier alpha value is -7.40. The number of benzene rings is 6. The van der Waals surface area contributed by atoms with Gasteiger partial charge in [0.15, 0.2) is 46.7 Å². The molecule has 0 radical (unpaired) electrons. The first kappa shape index (κ1) is 39.1. The van der Waals surface area contributed by atoms with E-state index in [0.29, 0.717) is 0 Å². The third kappa shape index (κ3) is 6.35. The van der Waals surface area contributed by atoms with Crippen molar-refractivity contribution in [1.82, 2.24) is 0 Å². The number of aliphatic hydroxyl groups is 3. The number of ether oxygens (including phenoxy) is 3. The molecule has 3 heterocycles. The first-order valence-corrected chi connectivity index (χ1v) is 19.0. The summed E-state index contributed by atoms with van der Waals surface area (Å²) in [5.74, 6) is -7.77. The average molecular weight is 835 g/mol. The third-order valence-electron chi connectivity index (χ3n) is 11.7. The van der Waals surface area contributed by atoms with E-state index in [-0.39, 0.29) is 79.7 Å². The molecule has 9 rings (SSSR count). The summed E-state index contributed by atoms with van der Waals surface area (Å²) in [4.78, 5) is 0. The van der Waals surface area contributed by atoms with Gasteiger partial charge in [0, 0.05) is 58.2 Å². The molecular weight excluding hydrogens is 796 g/mol. The van der Waals surface area contributed by atoms with Gasteiger partial charge < -0.3 is 80.6 Å². The Bertz CT molecular complexity index is 2730. The Morgan fingerprint density at radius 3 is 1.28 bits per heavy atom. The molecule has 0 amide bonds. The van der Waals surface area contributed by atoms with Gasteiger partial charge in [-0.15, -0.1) is 0 Å². The minimum absolute atomic E-state index is 0.00791. The maximum Gasteiger partial charge on any atom is 0.157 e. The summed E-state index contributed by atoms with van der Waals surface area (Å²) in [6.45, 7) is 0. The molecule has 16 nitrogen and oxygen atoms in total. The van der Waals surface area contributed by atoms with Crippen LogP contribution in [0.25, 0.3) is 0 Å². The minimum atomic E-state index is -1.69. The summed E-state index contributed by atoms with van der Waals surface area (Å²) >= 11 is 0. The zero-order valence-corrected chi connectivity index (χ0v) is 31.5. The number of hydrogen-bond acceptors (Lipinski definition) is 16. The van der Waals surface area contributed by atoms with Gasteiger partial charge in [0.1, 0.15) is 58.6 Å². The van der Waals surface area contributed by atoms with E-state index in [1.54, 1.807) is 0 Å². The number of rotatable bonds is 5. The van der Waals surface area contributed by atoms with Gasteiger partial charge in [-0.1, -0.05) is 30.3 Å². The normalized spacial score (nSPS) is 24.0.